The van der Waals surface area contributed by atoms with E-state index in [-0.39, 0.29) is 5.69 Å². The van der Waals surface area contributed by atoms with E-state index in [2.05, 4.69) is 10.3 Å². The van der Waals surface area contributed by atoms with Crippen molar-refractivity contribution in [3.05, 3.63) is 50.0 Å². The second kappa shape index (κ2) is 5.46. The number of benzene rings is 1. The lowest BCUT2D eigenvalue weighted by Gasteiger charge is -2.05. The Balaban J connectivity index is 2.22. The Morgan fingerprint density at radius 1 is 1.58 bits per heavy atom. The first-order chi connectivity index (χ1) is 9.10. The van der Waals surface area contributed by atoms with Gasteiger partial charge in [0.1, 0.15) is 5.69 Å². The van der Waals surface area contributed by atoms with Crippen molar-refractivity contribution < 1.29 is 4.92 Å². The highest BCUT2D eigenvalue weighted by atomic mass is 32.1. The first-order valence-corrected chi connectivity index (χ1v) is 6.31. The van der Waals surface area contributed by atoms with Crippen LogP contribution >= 0.6 is 11.3 Å². The quantitative estimate of drug-likeness (QED) is 0.683. The van der Waals surface area contributed by atoms with Crippen molar-refractivity contribution >= 4 is 22.7 Å². The smallest absolute Gasteiger partial charge is 0.292 e. The lowest BCUT2D eigenvalue weighted by atomic mass is 10.2. The zero-order valence-corrected chi connectivity index (χ0v) is 10.9. The van der Waals surface area contributed by atoms with Crippen LogP contribution in [0.2, 0.25) is 0 Å². The highest BCUT2D eigenvalue weighted by Gasteiger charge is 2.14. The molecule has 2 rings (SSSR count). The standard InChI is InChI=1S/C12H10N4O2S/c1-8-15-10(7-19-8)6-14-11-4-9(5-13)2-3-12(11)16(17)18/h2-4,7,14H,6H2,1H3. The summed E-state index contributed by atoms with van der Waals surface area (Å²) in [5.74, 6) is 0. The Morgan fingerprint density at radius 2 is 2.37 bits per heavy atom. The average Bonchev–Trinajstić information content (AvgIpc) is 2.81. The molecule has 0 bridgehead atoms. The molecule has 0 aliphatic rings. The molecule has 0 saturated heterocycles. The number of aromatic nitrogens is 1. The van der Waals surface area contributed by atoms with Crippen LogP contribution in [0.15, 0.2) is 23.6 Å². The Bertz CT molecular complexity index is 660. The zero-order chi connectivity index (χ0) is 13.8. The van der Waals surface area contributed by atoms with Crippen LogP contribution in [0.4, 0.5) is 11.4 Å². The summed E-state index contributed by atoms with van der Waals surface area (Å²) in [6.07, 6.45) is 0. The second-order valence-electron chi connectivity index (χ2n) is 3.81. The molecule has 1 aromatic heterocycles. The maximum atomic E-state index is 10.9. The molecule has 0 radical (unpaired) electrons. The molecule has 2 aromatic rings. The third-order valence-electron chi connectivity index (χ3n) is 2.45. The molecule has 0 aliphatic carbocycles. The first kappa shape index (κ1) is 13.0. The molecule has 6 nitrogen and oxygen atoms in total. The predicted octanol–water partition coefficient (Wildman–Crippen LogP) is 2.84. The summed E-state index contributed by atoms with van der Waals surface area (Å²) in [5, 5.41) is 25.5. The number of nitriles is 1. The molecule has 1 N–H and O–H groups in total. The lowest BCUT2D eigenvalue weighted by molar-refractivity contribution is -0.384. The Hall–Kier alpha value is -2.46. The number of nitro benzene ring substituents is 1. The molecule has 0 atom stereocenters. The number of hydrogen-bond donors (Lipinski definition) is 1. The minimum Gasteiger partial charge on any atom is -0.374 e. The van der Waals surface area contributed by atoms with Gasteiger partial charge in [0, 0.05) is 11.4 Å². The predicted molar refractivity (Wildman–Crippen MR) is 72.0 cm³/mol. The molecule has 0 fully saturated rings. The van der Waals surface area contributed by atoms with Crippen molar-refractivity contribution in [2.75, 3.05) is 5.32 Å². The van der Waals surface area contributed by atoms with E-state index in [0.29, 0.717) is 17.8 Å². The van der Waals surface area contributed by atoms with Crippen LogP contribution in [0.5, 0.6) is 0 Å². The van der Waals surface area contributed by atoms with Crippen LogP contribution in [0.25, 0.3) is 0 Å². The van der Waals surface area contributed by atoms with Crippen molar-refractivity contribution in [3.8, 4) is 6.07 Å². The van der Waals surface area contributed by atoms with E-state index in [4.69, 9.17) is 5.26 Å². The van der Waals surface area contributed by atoms with Crippen molar-refractivity contribution in [2.24, 2.45) is 0 Å². The normalized spacial score (nSPS) is 9.89. The number of aryl methyl sites for hydroxylation is 1. The number of nitrogens with zero attached hydrogens (tertiary/aromatic N) is 3. The van der Waals surface area contributed by atoms with Gasteiger partial charge < -0.3 is 5.32 Å². The van der Waals surface area contributed by atoms with Gasteiger partial charge in [-0.25, -0.2) is 4.98 Å². The third-order valence-corrected chi connectivity index (χ3v) is 3.27. The molecule has 0 saturated carbocycles. The van der Waals surface area contributed by atoms with E-state index in [9.17, 15) is 10.1 Å². The van der Waals surface area contributed by atoms with Gasteiger partial charge in [0.25, 0.3) is 5.69 Å². The van der Waals surface area contributed by atoms with Gasteiger partial charge in [-0.15, -0.1) is 11.3 Å². The van der Waals surface area contributed by atoms with Crippen LogP contribution in [-0.4, -0.2) is 9.91 Å². The monoisotopic (exact) mass is 274 g/mol. The number of nitro groups is 1. The molecule has 96 valence electrons. The molecule has 1 heterocycles. The minimum absolute atomic E-state index is 0.0500. The summed E-state index contributed by atoms with van der Waals surface area (Å²) >= 11 is 1.52. The average molecular weight is 274 g/mol. The van der Waals surface area contributed by atoms with Gasteiger partial charge in [-0.2, -0.15) is 5.26 Å². The zero-order valence-electron chi connectivity index (χ0n) is 10.1. The molecular weight excluding hydrogens is 264 g/mol. The molecule has 0 unspecified atom stereocenters. The summed E-state index contributed by atoms with van der Waals surface area (Å²) in [6.45, 7) is 2.28. The highest BCUT2D eigenvalue weighted by molar-refractivity contribution is 7.09. The SMILES string of the molecule is Cc1nc(CNc2cc(C#N)ccc2[N+](=O)[O-])cs1. The van der Waals surface area contributed by atoms with Crippen LogP contribution in [0, 0.1) is 28.4 Å². The number of hydrogen-bond acceptors (Lipinski definition) is 6. The molecule has 1 aromatic carbocycles. The molecule has 0 spiro atoms. The van der Waals surface area contributed by atoms with Crippen LogP contribution in [0.3, 0.4) is 0 Å². The van der Waals surface area contributed by atoms with Gasteiger partial charge in [0.05, 0.1) is 33.8 Å². The third kappa shape index (κ3) is 3.05. The molecular formula is C12H10N4O2S. The second-order valence-corrected chi connectivity index (χ2v) is 4.87. The van der Waals surface area contributed by atoms with Gasteiger partial charge >= 0.3 is 0 Å². The summed E-state index contributed by atoms with van der Waals surface area (Å²) < 4.78 is 0. The highest BCUT2D eigenvalue weighted by Crippen LogP contribution is 2.25. The van der Waals surface area contributed by atoms with E-state index in [1.807, 2.05) is 18.4 Å². The summed E-state index contributed by atoms with van der Waals surface area (Å²) in [4.78, 5) is 14.7. The largest absolute Gasteiger partial charge is 0.374 e. The fraction of sp³-hybridized carbons (Fsp3) is 0.167. The lowest BCUT2D eigenvalue weighted by Crippen LogP contribution is -2.03. The van der Waals surface area contributed by atoms with Crippen molar-refractivity contribution in [1.29, 1.82) is 5.26 Å². The van der Waals surface area contributed by atoms with Gasteiger partial charge in [0.15, 0.2) is 0 Å². The number of rotatable bonds is 4. The number of nitrogens with one attached hydrogen (secondary N) is 1. The van der Waals surface area contributed by atoms with E-state index in [0.717, 1.165) is 10.7 Å². The molecule has 19 heavy (non-hydrogen) atoms. The van der Waals surface area contributed by atoms with Crippen LogP contribution in [0.1, 0.15) is 16.3 Å². The topological polar surface area (TPSA) is 91.8 Å². The van der Waals surface area contributed by atoms with Gasteiger partial charge in [-0.05, 0) is 19.1 Å². The Kier molecular flexibility index (Phi) is 3.73. The number of anilines is 1. The minimum atomic E-state index is -0.476. The Labute approximate surface area is 113 Å². The van der Waals surface area contributed by atoms with E-state index in [1.54, 1.807) is 0 Å². The summed E-state index contributed by atoms with van der Waals surface area (Å²) in [7, 11) is 0. The fourth-order valence-corrected chi connectivity index (χ4v) is 2.19. The van der Waals surface area contributed by atoms with E-state index >= 15 is 0 Å². The van der Waals surface area contributed by atoms with Gasteiger partial charge in [-0.1, -0.05) is 0 Å². The van der Waals surface area contributed by atoms with Crippen molar-refractivity contribution in [1.82, 2.24) is 4.98 Å². The molecule has 0 amide bonds. The maximum absolute atomic E-state index is 10.9. The molecule has 7 heteroatoms. The maximum Gasteiger partial charge on any atom is 0.292 e. The van der Waals surface area contributed by atoms with Crippen molar-refractivity contribution in [2.45, 2.75) is 13.5 Å². The summed E-state index contributed by atoms with van der Waals surface area (Å²) in [5.41, 5.74) is 1.47. The first-order valence-electron chi connectivity index (χ1n) is 5.43. The fourth-order valence-electron chi connectivity index (χ4n) is 1.58. The van der Waals surface area contributed by atoms with Gasteiger partial charge in [0.2, 0.25) is 0 Å². The van der Waals surface area contributed by atoms with Crippen LogP contribution in [-0.2, 0) is 6.54 Å². The summed E-state index contributed by atoms with van der Waals surface area (Å²) in [6, 6.07) is 6.18. The number of thiazole rings is 1. The van der Waals surface area contributed by atoms with Crippen LogP contribution < -0.4 is 5.32 Å². The van der Waals surface area contributed by atoms with Crippen molar-refractivity contribution in [3.63, 3.8) is 0 Å². The Morgan fingerprint density at radius 3 is 2.95 bits per heavy atom. The van der Waals surface area contributed by atoms with E-state index < -0.39 is 4.92 Å². The molecule has 0 aliphatic heterocycles. The van der Waals surface area contributed by atoms with Gasteiger partial charge in [-0.3, -0.25) is 10.1 Å². The van der Waals surface area contributed by atoms with E-state index in [1.165, 1.54) is 29.5 Å².